The van der Waals surface area contributed by atoms with Crippen molar-refractivity contribution < 1.29 is 19.1 Å². The number of esters is 2. The molecule has 0 amide bonds. The van der Waals surface area contributed by atoms with Crippen LogP contribution in [0.5, 0.6) is 0 Å². The van der Waals surface area contributed by atoms with Gasteiger partial charge in [0.1, 0.15) is 6.10 Å². The normalized spacial score (nSPS) is 30.3. The first-order valence-corrected chi connectivity index (χ1v) is 6.75. The van der Waals surface area contributed by atoms with Crippen LogP contribution in [-0.2, 0) is 19.1 Å². The molecular weight excluding hydrogens is 232 g/mol. The molecule has 0 N–H and O–H groups in total. The highest BCUT2D eigenvalue weighted by atomic mass is 16.6. The second kappa shape index (κ2) is 5.55. The topological polar surface area (TPSA) is 52.6 Å². The molecule has 0 bridgehead atoms. The van der Waals surface area contributed by atoms with Gasteiger partial charge in [-0.3, -0.25) is 0 Å². The minimum absolute atomic E-state index is 0.219. The van der Waals surface area contributed by atoms with Gasteiger partial charge in [0.25, 0.3) is 0 Å². The summed E-state index contributed by atoms with van der Waals surface area (Å²) < 4.78 is 10.2. The molecule has 2 heterocycles. The van der Waals surface area contributed by atoms with Crippen LogP contribution in [0.1, 0.15) is 45.4 Å². The Bertz CT molecular complexity index is 361. The van der Waals surface area contributed by atoms with E-state index in [-0.39, 0.29) is 12.0 Å². The maximum absolute atomic E-state index is 11.6. The van der Waals surface area contributed by atoms with E-state index in [9.17, 15) is 9.59 Å². The molecule has 2 aliphatic rings. The third-order valence-electron chi connectivity index (χ3n) is 3.72. The van der Waals surface area contributed by atoms with Gasteiger partial charge in [-0.2, -0.15) is 0 Å². The summed E-state index contributed by atoms with van der Waals surface area (Å²) in [5, 5.41) is 0. The van der Waals surface area contributed by atoms with E-state index < -0.39 is 18.0 Å². The van der Waals surface area contributed by atoms with E-state index in [0.29, 0.717) is 5.57 Å². The number of carbonyl (C=O) groups excluding carboxylic acids is 2. The highest BCUT2D eigenvalue weighted by Gasteiger charge is 2.54. The average Bonchev–Trinajstić information content (AvgIpc) is 2.80. The first-order chi connectivity index (χ1) is 8.65. The Balaban J connectivity index is 1.84. The van der Waals surface area contributed by atoms with Gasteiger partial charge in [0.15, 0.2) is 0 Å². The summed E-state index contributed by atoms with van der Waals surface area (Å²) in [7, 11) is 0. The number of fused-ring (bicyclic) bond motifs is 1. The van der Waals surface area contributed by atoms with Gasteiger partial charge in [0.2, 0.25) is 6.10 Å². The molecule has 2 rings (SSSR count). The molecule has 0 aliphatic carbocycles. The molecule has 4 nitrogen and oxygen atoms in total. The second-order valence-electron chi connectivity index (χ2n) is 5.06. The number of rotatable bonds is 6. The Kier molecular flexibility index (Phi) is 4.04. The van der Waals surface area contributed by atoms with E-state index >= 15 is 0 Å². The first kappa shape index (κ1) is 13.1. The first-order valence-electron chi connectivity index (χ1n) is 6.75. The van der Waals surface area contributed by atoms with Gasteiger partial charge in [-0.1, -0.05) is 39.2 Å². The van der Waals surface area contributed by atoms with Gasteiger partial charge < -0.3 is 9.47 Å². The summed E-state index contributed by atoms with van der Waals surface area (Å²) in [6, 6.07) is 0. The highest BCUT2D eigenvalue weighted by Crippen LogP contribution is 2.39. The van der Waals surface area contributed by atoms with Crippen molar-refractivity contribution >= 4 is 11.9 Å². The summed E-state index contributed by atoms with van der Waals surface area (Å²) in [6.45, 7) is 5.89. The molecule has 0 spiro atoms. The van der Waals surface area contributed by atoms with E-state index in [2.05, 4.69) is 13.5 Å². The number of cyclic esters (lactones) is 1. The molecular formula is C14H20O4. The van der Waals surface area contributed by atoms with Crippen LogP contribution < -0.4 is 0 Å². The number of carbonyl (C=O) groups is 2. The second-order valence-corrected chi connectivity index (χ2v) is 5.06. The predicted molar refractivity (Wildman–Crippen MR) is 65.8 cm³/mol. The summed E-state index contributed by atoms with van der Waals surface area (Å²) in [6.07, 6.45) is 5.67. The van der Waals surface area contributed by atoms with E-state index in [1.165, 1.54) is 19.3 Å². The van der Waals surface area contributed by atoms with Crippen LogP contribution in [-0.4, -0.2) is 24.1 Å². The van der Waals surface area contributed by atoms with Gasteiger partial charge in [-0.05, 0) is 12.8 Å². The Labute approximate surface area is 107 Å². The molecule has 2 fully saturated rings. The summed E-state index contributed by atoms with van der Waals surface area (Å²) in [5.41, 5.74) is 0.393. The summed E-state index contributed by atoms with van der Waals surface area (Å²) >= 11 is 0. The maximum Gasteiger partial charge on any atom is 0.348 e. The third kappa shape index (κ3) is 2.42. The van der Waals surface area contributed by atoms with E-state index in [4.69, 9.17) is 9.47 Å². The van der Waals surface area contributed by atoms with Crippen LogP contribution in [0, 0.1) is 5.92 Å². The minimum atomic E-state index is -0.731. The number of hydrogen-bond donors (Lipinski definition) is 0. The number of hydrogen-bond acceptors (Lipinski definition) is 4. The molecule has 2 aliphatic heterocycles. The number of unbranched alkanes of at least 4 members (excludes halogenated alkanes) is 4. The smallest absolute Gasteiger partial charge is 0.348 e. The fourth-order valence-corrected chi connectivity index (χ4v) is 2.67. The summed E-state index contributed by atoms with van der Waals surface area (Å²) in [5.74, 6) is -1.11. The molecule has 0 aromatic heterocycles. The largest absolute Gasteiger partial charge is 0.459 e. The van der Waals surface area contributed by atoms with Crippen molar-refractivity contribution in [3.8, 4) is 0 Å². The molecule has 18 heavy (non-hydrogen) atoms. The zero-order valence-electron chi connectivity index (χ0n) is 10.8. The molecule has 100 valence electrons. The van der Waals surface area contributed by atoms with Crippen molar-refractivity contribution in [1.82, 2.24) is 0 Å². The predicted octanol–water partition coefficient (Wildman–Crippen LogP) is 2.37. The monoisotopic (exact) mass is 252 g/mol. The molecule has 0 radical (unpaired) electrons. The van der Waals surface area contributed by atoms with Gasteiger partial charge in [-0.15, -0.1) is 0 Å². The molecule has 4 heteroatoms. The molecule has 2 saturated heterocycles. The molecule has 0 unspecified atom stereocenters. The lowest BCUT2D eigenvalue weighted by Gasteiger charge is -2.14. The van der Waals surface area contributed by atoms with Crippen LogP contribution in [0.15, 0.2) is 12.2 Å². The van der Waals surface area contributed by atoms with Crippen LogP contribution in [0.3, 0.4) is 0 Å². The van der Waals surface area contributed by atoms with Crippen molar-refractivity contribution in [3.63, 3.8) is 0 Å². The molecule has 0 saturated carbocycles. The molecule has 0 aromatic rings. The lowest BCUT2D eigenvalue weighted by atomic mass is 9.90. The quantitative estimate of drug-likeness (QED) is 0.414. The lowest BCUT2D eigenvalue weighted by Crippen LogP contribution is -2.21. The van der Waals surface area contributed by atoms with Crippen molar-refractivity contribution in [3.05, 3.63) is 12.2 Å². The zero-order valence-corrected chi connectivity index (χ0v) is 10.8. The van der Waals surface area contributed by atoms with Crippen molar-refractivity contribution in [2.24, 2.45) is 5.92 Å². The SMILES string of the molecule is C=C1C(=O)O[C@H]2C(=O)O[C@H](CCCCCCC)[C@@H]12. The van der Waals surface area contributed by atoms with E-state index in [1.807, 2.05) is 0 Å². The van der Waals surface area contributed by atoms with Crippen LogP contribution in [0.2, 0.25) is 0 Å². The van der Waals surface area contributed by atoms with Gasteiger partial charge in [0, 0.05) is 5.57 Å². The van der Waals surface area contributed by atoms with Crippen molar-refractivity contribution in [2.45, 2.75) is 57.7 Å². The molecule has 0 aromatic carbocycles. The standard InChI is InChI=1S/C14H20O4/c1-3-4-5-6-7-8-10-11-9(2)13(15)18-12(11)14(16)17-10/h10-12H,2-8H2,1H3/t10-,11-,12-/m1/s1. The van der Waals surface area contributed by atoms with Crippen LogP contribution in [0.4, 0.5) is 0 Å². The Morgan fingerprint density at radius 3 is 2.56 bits per heavy atom. The van der Waals surface area contributed by atoms with E-state index in [1.54, 1.807) is 0 Å². The van der Waals surface area contributed by atoms with Gasteiger partial charge >= 0.3 is 11.9 Å². The van der Waals surface area contributed by atoms with Gasteiger partial charge in [0.05, 0.1) is 5.92 Å². The Hall–Kier alpha value is -1.32. The zero-order chi connectivity index (χ0) is 13.1. The van der Waals surface area contributed by atoms with Crippen LogP contribution in [0.25, 0.3) is 0 Å². The van der Waals surface area contributed by atoms with Crippen LogP contribution >= 0.6 is 0 Å². The highest BCUT2D eigenvalue weighted by molar-refractivity contribution is 5.97. The van der Waals surface area contributed by atoms with Gasteiger partial charge in [-0.25, -0.2) is 9.59 Å². The molecule has 3 atom stereocenters. The maximum atomic E-state index is 11.6. The average molecular weight is 252 g/mol. The fraction of sp³-hybridized carbons (Fsp3) is 0.714. The summed E-state index contributed by atoms with van der Waals surface area (Å²) in [4.78, 5) is 22.9. The van der Waals surface area contributed by atoms with E-state index in [0.717, 1.165) is 19.3 Å². The Morgan fingerprint density at radius 1 is 1.11 bits per heavy atom. The Morgan fingerprint density at radius 2 is 1.83 bits per heavy atom. The number of ether oxygens (including phenoxy) is 2. The fourth-order valence-electron chi connectivity index (χ4n) is 2.67. The van der Waals surface area contributed by atoms with Crippen molar-refractivity contribution in [1.29, 1.82) is 0 Å². The minimum Gasteiger partial charge on any atom is -0.459 e. The third-order valence-corrected chi connectivity index (χ3v) is 3.72. The lowest BCUT2D eigenvalue weighted by molar-refractivity contribution is -0.156. The van der Waals surface area contributed by atoms with Crippen molar-refractivity contribution in [2.75, 3.05) is 0 Å².